The SMILES string of the molecule is CC1CCN(C(=O)N2CCc3ccc(N)cc32)CC1. The molecule has 2 aliphatic heterocycles. The zero-order valence-electron chi connectivity index (χ0n) is 11.4. The number of nitrogens with two attached hydrogens (primary N) is 1. The Bertz CT molecular complexity index is 492. The van der Waals surface area contributed by atoms with Gasteiger partial charge in [0.15, 0.2) is 0 Å². The minimum atomic E-state index is 0.149. The summed E-state index contributed by atoms with van der Waals surface area (Å²) < 4.78 is 0. The van der Waals surface area contributed by atoms with Crippen molar-refractivity contribution in [2.24, 2.45) is 5.92 Å². The van der Waals surface area contributed by atoms with Gasteiger partial charge in [0.1, 0.15) is 0 Å². The quantitative estimate of drug-likeness (QED) is 0.728. The number of benzene rings is 1. The van der Waals surface area contributed by atoms with Crippen molar-refractivity contribution < 1.29 is 4.79 Å². The highest BCUT2D eigenvalue weighted by Gasteiger charge is 2.30. The molecule has 0 aliphatic carbocycles. The van der Waals surface area contributed by atoms with E-state index in [0.717, 1.165) is 56.2 Å². The fourth-order valence-corrected chi connectivity index (χ4v) is 2.97. The second-order valence-electron chi connectivity index (χ2n) is 5.74. The summed E-state index contributed by atoms with van der Waals surface area (Å²) in [6.45, 7) is 4.81. The third-order valence-electron chi connectivity index (χ3n) is 4.29. The van der Waals surface area contributed by atoms with Crippen LogP contribution in [0, 0.1) is 5.92 Å². The van der Waals surface area contributed by atoms with E-state index in [1.165, 1.54) is 5.56 Å². The van der Waals surface area contributed by atoms with Crippen LogP contribution in [0.5, 0.6) is 0 Å². The van der Waals surface area contributed by atoms with Crippen molar-refractivity contribution in [3.05, 3.63) is 23.8 Å². The lowest BCUT2D eigenvalue weighted by Gasteiger charge is -2.33. The van der Waals surface area contributed by atoms with Gasteiger partial charge in [0.05, 0.1) is 5.69 Å². The summed E-state index contributed by atoms with van der Waals surface area (Å²) in [5, 5.41) is 0. The van der Waals surface area contributed by atoms with E-state index in [1.807, 2.05) is 28.0 Å². The molecule has 2 aliphatic rings. The molecule has 0 spiro atoms. The Hall–Kier alpha value is -1.71. The third-order valence-corrected chi connectivity index (χ3v) is 4.29. The van der Waals surface area contributed by atoms with Crippen LogP contribution in [0.3, 0.4) is 0 Å². The van der Waals surface area contributed by atoms with E-state index in [0.29, 0.717) is 0 Å². The monoisotopic (exact) mass is 259 g/mol. The topological polar surface area (TPSA) is 49.6 Å². The van der Waals surface area contributed by atoms with E-state index < -0.39 is 0 Å². The molecular formula is C15H21N3O. The van der Waals surface area contributed by atoms with Gasteiger partial charge < -0.3 is 10.6 Å². The molecule has 1 saturated heterocycles. The van der Waals surface area contributed by atoms with E-state index in [1.54, 1.807) is 0 Å². The summed E-state index contributed by atoms with van der Waals surface area (Å²) in [7, 11) is 0. The number of hydrogen-bond donors (Lipinski definition) is 1. The number of amides is 2. The highest BCUT2D eigenvalue weighted by Crippen LogP contribution is 2.31. The molecule has 0 unspecified atom stereocenters. The average Bonchev–Trinajstić information content (AvgIpc) is 2.81. The Morgan fingerprint density at radius 2 is 2.00 bits per heavy atom. The van der Waals surface area contributed by atoms with Crippen LogP contribution in [-0.2, 0) is 6.42 Å². The fourth-order valence-electron chi connectivity index (χ4n) is 2.97. The molecule has 0 aromatic heterocycles. The smallest absolute Gasteiger partial charge is 0.324 e. The van der Waals surface area contributed by atoms with Crippen molar-refractivity contribution >= 4 is 17.4 Å². The van der Waals surface area contributed by atoms with Gasteiger partial charge in [0.2, 0.25) is 0 Å². The molecule has 1 aromatic rings. The maximum atomic E-state index is 12.6. The first-order chi connectivity index (χ1) is 9.15. The van der Waals surface area contributed by atoms with Crippen LogP contribution in [0.25, 0.3) is 0 Å². The maximum Gasteiger partial charge on any atom is 0.324 e. The normalized spacial score (nSPS) is 19.6. The molecule has 2 amide bonds. The fraction of sp³-hybridized carbons (Fsp3) is 0.533. The van der Waals surface area contributed by atoms with Crippen LogP contribution in [0.4, 0.5) is 16.2 Å². The lowest BCUT2D eigenvalue weighted by atomic mass is 9.99. The first kappa shape index (κ1) is 12.3. The number of fused-ring (bicyclic) bond motifs is 1. The van der Waals surface area contributed by atoms with Crippen molar-refractivity contribution in [3.8, 4) is 0 Å². The van der Waals surface area contributed by atoms with E-state index >= 15 is 0 Å². The molecule has 4 nitrogen and oxygen atoms in total. The third kappa shape index (κ3) is 2.27. The molecule has 1 aromatic carbocycles. The predicted molar refractivity (Wildman–Crippen MR) is 77.3 cm³/mol. The minimum absolute atomic E-state index is 0.149. The molecule has 0 atom stereocenters. The highest BCUT2D eigenvalue weighted by atomic mass is 16.2. The lowest BCUT2D eigenvalue weighted by Crippen LogP contribution is -2.46. The summed E-state index contributed by atoms with van der Waals surface area (Å²) in [4.78, 5) is 16.5. The molecule has 0 radical (unpaired) electrons. The van der Waals surface area contributed by atoms with Crippen molar-refractivity contribution in [2.45, 2.75) is 26.2 Å². The number of carbonyl (C=O) groups excluding carboxylic acids is 1. The Balaban J connectivity index is 1.78. The van der Waals surface area contributed by atoms with Crippen LogP contribution >= 0.6 is 0 Å². The summed E-state index contributed by atoms with van der Waals surface area (Å²) in [6, 6.07) is 6.02. The van der Waals surface area contributed by atoms with Gasteiger partial charge in [-0.3, -0.25) is 4.90 Å². The van der Waals surface area contributed by atoms with Gasteiger partial charge in [-0.15, -0.1) is 0 Å². The molecular weight excluding hydrogens is 238 g/mol. The van der Waals surface area contributed by atoms with Crippen LogP contribution in [0.15, 0.2) is 18.2 Å². The van der Waals surface area contributed by atoms with Crippen molar-refractivity contribution in [2.75, 3.05) is 30.3 Å². The Labute approximate surface area is 114 Å². The van der Waals surface area contributed by atoms with E-state index in [9.17, 15) is 4.79 Å². The molecule has 4 heteroatoms. The van der Waals surface area contributed by atoms with Gasteiger partial charge >= 0.3 is 6.03 Å². The summed E-state index contributed by atoms with van der Waals surface area (Å²) in [5.74, 6) is 0.741. The highest BCUT2D eigenvalue weighted by molar-refractivity contribution is 5.94. The number of hydrogen-bond acceptors (Lipinski definition) is 2. The number of nitrogen functional groups attached to an aromatic ring is 1. The number of likely N-dealkylation sites (tertiary alicyclic amines) is 1. The summed E-state index contributed by atoms with van der Waals surface area (Å²) in [6.07, 6.45) is 3.17. The van der Waals surface area contributed by atoms with Crippen LogP contribution in [-0.4, -0.2) is 30.6 Å². The minimum Gasteiger partial charge on any atom is -0.399 e. The van der Waals surface area contributed by atoms with Gasteiger partial charge in [-0.1, -0.05) is 13.0 Å². The van der Waals surface area contributed by atoms with E-state index in [2.05, 4.69) is 6.92 Å². The standard InChI is InChI=1S/C15H21N3O/c1-11-4-7-17(8-5-11)15(19)18-9-6-12-2-3-13(16)10-14(12)18/h2-3,10-11H,4-9,16H2,1H3. The molecule has 1 fully saturated rings. The zero-order chi connectivity index (χ0) is 13.4. The molecule has 2 N–H and O–H groups in total. The molecule has 3 rings (SSSR count). The van der Waals surface area contributed by atoms with Gasteiger partial charge in [-0.05, 0) is 42.9 Å². The maximum absolute atomic E-state index is 12.6. The lowest BCUT2D eigenvalue weighted by molar-refractivity contribution is 0.180. The Kier molecular flexibility index (Phi) is 3.09. The summed E-state index contributed by atoms with van der Waals surface area (Å²) >= 11 is 0. The Morgan fingerprint density at radius 3 is 2.74 bits per heavy atom. The number of urea groups is 1. The van der Waals surface area contributed by atoms with Crippen molar-refractivity contribution in [1.82, 2.24) is 4.90 Å². The number of rotatable bonds is 0. The zero-order valence-corrected chi connectivity index (χ0v) is 11.4. The number of carbonyl (C=O) groups is 1. The van der Waals surface area contributed by atoms with Crippen molar-refractivity contribution in [3.63, 3.8) is 0 Å². The van der Waals surface area contributed by atoms with Gasteiger partial charge in [0.25, 0.3) is 0 Å². The van der Waals surface area contributed by atoms with Crippen molar-refractivity contribution in [1.29, 1.82) is 0 Å². The molecule has 19 heavy (non-hydrogen) atoms. The summed E-state index contributed by atoms with van der Waals surface area (Å²) in [5.41, 5.74) is 8.80. The molecule has 0 saturated carbocycles. The Morgan fingerprint density at radius 1 is 1.26 bits per heavy atom. The predicted octanol–water partition coefficient (Wildman–Crippen LogP) is 2.48. The molecule has 0 bridgehead atoms. The largest absolute Gasteiger partial charge is 0.399 e. The van der Waals surface area contributed by atoms with E-state index in [4.69, 9.17) is 5.73 Å². The van der Waals surface area contributed by atoms with Gasteiger partial charge in [-0.25, -0.2) is 4.79 Å². The average molecular weight is 259 g/mol. The second kappa shape index (κ2) is 4.76. The first-order valence-electron chi connectivity index (χ1n) is 7.10. The van der Waals surface area contributed by atoms with Crippen LogP contribution < -0.4 is 10.6 Å². The number of piperidine rings is 1. The number of nitrogens with zero attached hydrogens (tertiary/aromatic N) is 2. The van der Waals surface area contributed by atoms with Crippen LogP contribution in [0.2, 0.25) is 0 Å². The second-order valence-corrected chi connectivity index (χ2v) is 5.74. The van der Waals surface area contributed by atoms with E-state index in [-0.39, 0.29) is 6.03 Å². The number of anilines is 2. The molecule has 2 heterocycles. The van der Waals surface area contributed by atoms with Gasteiger partial charge in [-0.2, -0.15) is 0 Å². The first-order valence-corrected chi connectivity index (χ1v) is 7.10. The van der Waals surface area contributed by atoms with Gasteiger partial charge in [0, 0.05) is 25.3 Å². The molecule has 102 valence electrons. The van der Waals surface area contributed by atoms with Crippen LogP contribution in [0.1, 0.15) is 25.3 Å².